The average Bonchev–Trinajstić information content (AvgIpc) is 3.20. The Balaban J connectivity index is 0.000000645. The number of ether oxygens (including phenoxy) is 3. The van der Waals surface area contributed by atoms with Gasteiger partial charge in [0.05, 0.1) is 25.4 Å². The molecule has 2 fully saturated rings. The van der Waals surface area contributed by atoms with E-state index < -0.39 is 23.8 Å². The second-order valence-electron chi connectivity index (χ2n) is 20.4. The van der Waals surface area contributed by atoms with Crippen LogP contribution in [-0.2, 0) is 23.8 Å². The topological polar surface area (TPSA) is 123 Å². The van der Waals surface area contributed by atoms with Gasteiger partial charge in [-0.3, -0.25) is 0 Å². The minimum absolute atomic E-state index is 0.0116. The number of rotatable bonds is 26. The Hall–Kier alpha value is -3.30. The van der Waals surface area contributed by atoms with Crippen molar-refractivity contribution in [3.8, 4) is 0 Å². The fourth-order valence-corrected chi connectivity index (χ4v) is 8.16. The summed E-state index contributed by atoms with van der Waals surface area (Å²) in [5, 5.41) is 29.3. The molecule has 2 aliphatic carbocycles. The zero-order valence-corrected chi connectivity index (χ0v) is 42.3. The maximum absolute atomic E-state index is 11.8. The fraction of sp³-hybridized carbons (Fsp3) is 0.679. The van der Waals surface area contributed by atoms with Gasteiger partial charge in [0.25, 0.3) is 0 Å². The number of aliphatic hydroxyl groups is 2. The Morgan fingerprint density at radius 3 is 1.45 bits per heavy atom. The van der Waals surface area contributed by atoms with Crippen LogP contribution in [0.2, 0.25) is 0 Å². The van der Waals surface area contributed by atoms with E-state index in [-0.39, 0.29) is 30.0 Å². The second-order valence-corrected chi connectivity index (χ2v) is 20.4. The molecule has 8 nitrogen and oxygen atoms in total. The van der Waals surface area contributed by atoms with Crippen LogP contribution in [0.3, 0.4) is 0 Å². The van der Waals surface area contributed by atoms with E-state index in [4.69, 9.17) is 19.3 Å². The van der Waals surface area contributed by atoms with Crippen molar-refractivity contribution in [1.82, 2.24) is 0 Å². The summed E-state index contributed by atoms with van der Waals surface area (Å²) in [5.74, 6) is -0.0224. The third-order valence-corrected chi connectivity index (χ3v) is 12.2. The molecule has 0 spiro atoms. The molecule has 0 aromatic carbocycles. The van der Waals surface area contributed by atoms with E-state index in [0.29, 0.717) is 25.0 Å². The molecule has 364 valence electrons. The highest BCUT2D eigenvalue weighted by Crippen LogP contribution is 2.43. The van der Waals surface area contributed by atoms with Crippen LogP contribution in [0.15, 0.2) is 95.2 Å². The number of hydrogen-bond donors (Lipinski definition) is 3. The lowest BCUT2D eigenvalue weighted by Crippen LogP contribution is -2.26. The Kier molecular flexibility index (Phi) is 29.7. The van der Waals surface area contributed by atoms with Crippen molar-refractivity contribution in [3.05, 3.63) is 95.2 Å². The van der Waals surface area contributed by atoms with E-state index in [9.17, 15) is 19.8 Å². The Labute approximate surface area is 390 Å². The molecule has 0 aromatic heterocycles. The lowest BCUT2D eigenvalue weighted by molar-refractivity contribution is -0.159. The van der Waals surface area contributed by atoms with E-state index >= 15 is 0 Å². The Bertz CT molecular complexity index is 1580. The summed E-state index contributed by atoms with van der Waals surface area (Å²) in [6.07, 6.45) is 41.5. The van der Waals surface area contributed by atoms with E-state index in [1.54, 1.807) is 0 Å². The molecular formula is C56H92O8. The third-order valence-electron chi connectivity index (χ3n) is 12.2. The maximum atomic E-state index is 11.8. The Morgan fingerprint density at radius 2 is 1.06 bits per heavy atom. The van der Waals surface area contributed by atoms with Gasteiger partial charge in [-0.25, -0.2) is 9.59 Å². The first-order valence-electron chi connectivity index (χ1n) is 24.5. The first-order valence-corrected chi connectivity index (χ1v) is 24.5. The van der Waals surface area contributed by atoms with Crippen LogP contribution in [0.4, 0.5) is 0 Å². The van der Waals surface area contributed by atoms with Crippen LogP contribution in [0, 0.1) is 22.7 Å². The summed E-state index contributed by atoms with van der Waals surface area (Å²) in [7, 11) is 0. The molecule has 0 radical (unpaired) electrons. The number of hydrogen-bond acceptors (Lipinski definition) is 7. The highest BCUT2D eigenvalue weighted by Gasteiger charge is 2.29. The van der Waals surface area contributed by atoms with Crippen LogP contribution < -0.4 is 0 Å². The summed E-state index contributed by atoms with van der Waals surface area (Å²) in [6, 6.07) is 0. The molecule has 3 N–H and O–H groups in total. The van der Waals surface area contributed by atoms with Gasteiger partial charge in [0.2, 0.25) is 0 Å². The van der Waals surface area contributed by atoms with Gasteiger partial charge < -0.3 is 29.5 Å². The van der Waals surface area contributed by atoms with Crippen LogP contribution >= 0.6 is 0 Å². The quantitative estimate of drug-likeness (QED) is 0.0340. The molecule has 0 aromatic rings. The van der Waals surface area contributed by atoms with Crippen molar-refractivity contribution in [2.45, 2.75) is 197 Å². The standard InChI is InChI=1S/C30H50O4.C26H42O4/c1-24(2)13-12-14-25(3)17-18-27(31)16-9-11-21-30(7)20-10-8-15-26(30)19-22-33-23-28(32)34-29(4,5)6;1-21(2)10-9-11-22(3)14-15-24(27)13-6-8-18-26(4)17-7-5-12-23(26)16-19-30-20-25(28)29/h9,11,13,16,19,21,25,27,31H,8,10,12,14-15,17-18,20,22-23H2,1-7H3;6,8,10,13,16,18,22,24,27H,5,7,9,11-12,14-15,17,19-20H2,1-4H3,(H,28,29)/b16-9+,21-11+,26-19+;13-6+,18-8+,23-16+/t25-,27-,30-;22?,24?,26-/m00/s1. The molecule has 0 heterocycles. The predicted molar refractivity (Wildman–Crippen MR) is 267 cm³/mol. The number of aliphatic carboxylic acids is 1. The van der Waals surface area contributed by atoms with Gasteiger partial charge in [0.1, 0.15) is 18.8 Å². The van der Waals surface area contributed by atoms with Gasteiger partial charge in [-0.05, 0) is 150 Å². The van der Waals surface area contributed by atoms with Crippen molar-refractivity contribution in [3.63, 3.8) is 0 Å². The zero-order chi connectivity index (χ0) is 48.0. The van der Waals surface area contributed by atoms with Gasteiger partial charge in [0.15, 0.2) is 0 Å². The number of aliphatic hydroxyl groups excluding tert-OH is 2. The van der Waals surface area contributed by atoms with Crippen molar-refractivity contribution in [2.24, 2.45) is 22.7 Å². The minimum Gasteiger partial charge on any atom is -0.480 e. The van der Waals surface area contributed by atoms with Gasteiger partial charge in [-0.1, -0.05) is 136 Å². The molecule has 8 heteroatoms. The molecule has 6 atom stereocenters. The molecular weight excluding hydrogens is 801 g/mol. The SMILES string of the molecule is CC(C)=CCCC(C)CCC(O)/C=C/C=C/[C@]1(C)CCCC/C1=C\COCC(=O)O.CC(C)=CCC[C@H](C)CC[C@@H](O)/C=C/C=C/[C@]1(C)CCCC/C1=C\COCC(=O)OC(C)(C)C. The number of carboxylic acids is 1. The zero-order valence-electron chi connectivity index (χ0n) is 42.3. The number of esters is 1. The third kappa shape index (κ3) is 29.3. The van der Waals surface area contributed by atoms with Crippen molar-refractivity contribution < 1.29 is 39.1 Å². The molecule has 64 heavy (non-hydrogen) atoms. The first kappa shape index (κ1) is 58.7. The number of carbonyl (C=O) groups is 2. The van der Waals surface area contributed by atoms with Crippen molar-refractivity contribution >= 4 is 11.9 Å². The second kappa shape index (κ2) is 32.4. The molecule has 2 saturated carbocycles. The highest BCUT2D eigenvalue weighted by molar-refractivity contribution is 5.71. The smallest absolute Gasteiger partial charge is 0.332 e. The molecule has 0 bridgehead atoms. The summed E-state index contributed by atoms with van der Waals surface area (Å²) >= 11 is 0. The van der Waals surface area contributed by atoms with Gasteiger partial charge in [-0.15, -0.1) is 0 Å². The summed E-state index contributed by atoms with van der Waals surface area (Å²) in [5.41, 5.74) is 4.89. The monoisotopic (exact) mass is 893 g/mol. The van der Waals surface area contributed by atoms with Crippen LogP contribution in [0.1, 0.15) is 179 Å². The van der Waals surface area contributed by atoms with E-state index in [1.165, 1.54) is 54.4 Å². The van der Waals surface area contributed by atoms with Gasteiger partial charge >= 0.3 is 11.9 Å². The van der Waals surface area contributed by atoms with Crippen molar-refractivity contribution in [2.75, 3.05) is 26.4 Å². The largest absolute Gasteiger partial charge is 0.480 e. The van der Waals surface area contributed by atoms with Crippen molar-refractivity contribution in [1.29, 1.82) is 0 Å². The summed E-state index contributed by atoms with van der Waals surface area (Å²) in [4.78, 5) is 22.4. The minimum atomic E-state index is -0.939. The lowest BCUT2D eigenvalue weighted by Gasteiger charge is -2.34. The normalized spacial score (nSPS) is 22.7. The number of carbonyl (C=O) groups excluding carboxylic acids is 1. The molecule has 0 saturated heterocycles. The predicted octanol–water partition coefficient (Wildman–Crippen LogP) is 13.7. The van der Waals surface area contributed by atoms with E-state index in [1.807, 2.05) is 57.2 Å². The Morgan fingerprint density at radius 1 is 0.641 bits per heavy atom. The number of carboxylic acid groups (broad SMARTS) is 1. The van der Waals surface area contributed by atoms with Crippen LogP contribution in [0.5, 0.6) is 0 Å². The van der Waals surface area contributed by atoms with Gasteiger partial charge in [0, 0.05) is 10.8 Å². The fourth-order valence-electron chi connectivity index (χ4n) is 8.16. The highest BCUT2D eigenvalue weighted by atomic mass is 16.6. The first-order chi connectivity index (χ1) is 30.1. The average molecular weight is 893 g/mol. The summed E-state index contributed by atoms with van der Waals surface area (Å²) in [6.45, 7) is 23.6. The van der Waals surface area contributed by atoms with Crippen LogP contribution in [-0.4, -0.2) is 71.5 Å². The molecule has 0 aliphatic heterocycles. The maximum Gasteiger partial charge on any atom is 0.332 e. The number of allylic oxidation sites excluding steroid dienone is 12. The molecule has 2 unspecified atom stereocenters. The molecule has 2 aliphatic rings. The molecule has 0 amide bonds. The summed E-state index contributed by atoms with van der Waals surface area (Å²) < 4.78 is 16.0. The lowest BCUT2D eigenvalue weighted by atomic mass is 9.71. The van der Waals surface area contributed by atoms with Gasteiger partial charge in [-0.2, -0.15) is 0 Å². The van der Waals surface area contributed by atoms with E-state index in [0.717, 1.165) is 70.6 Å². The van der Waals surface area contributed by atoms with E-state index in [2.05, 4.69) is 91.8 Å². The molecule has 2 rings (SSSR count). The van der Waals surface area contributed by atoms with Crippen LogP contribution in [0.25, 0.3) is 0 Å².